The average molecular weight is 819 g/mol. The first-order valence-corrected chi connectivity index (χ1v) is 23.8. The highest BCUT2D eigenvalue weighted by molar-refractivity contribution is 7.20. The molecule has 2 aromatic heterocycles. The summed E-state index contributed by atoms with van der Waals surface area (Å²) in [5.41, 5.74) is 11.9. The van der Waals surface area contributed by atoms with Crippen molar-refractivity contribution in [1.29, 1.82) is 0 Å². The van der Waals surface area contributed by atoms with E-state index in [0.29, 0.717) is 0 Å². The Morgan fingerprint density at radius 1 is 0.270 bits per heavy atom. The minimum atomic E-state index is -2.97. The van der Waals surface area contributed by atoms with Gasteiger partial charge < -0.3 is 9.13 Å². The van der Waals surface area contributed by atoms with Crippen LogP contribution in [0.3, 0.4) is 0 Å². The van der Waals surface area contributed by atoms with Crippen LogP contribution in [-0.4, -0.2) is 17.2 Å². The Kier molecular flexibility index (Phi) is 8.87. The van der Waals surface area contributed by atoms with Crippen molar-refractivity contribution in [2.45, 2.75) is 0 Å². The van der Waals surface area contributed by atoms with Crippen molar-refractivity contribution in [1.82, 2.24) is 9.13 Å². The molecule has 2 heterocycles. The fourth-order valence-electron chi connectivity index (χ4n) is 10.4. The molecule has 0 atom stereocenters. The van der Waals surface area contributed by atoms with Gasteiger partial charge in [0.2, 0.25) is 0 Å². The third-order valence-electron chi connectivity index (χ3n) is 13.1. The molecule has 12 aromatic rings. The maximum Gasteiger partial charge on any atom is 0.180 e. The zero-order chi connectivity index (χ0) is 41.7. The molecule has 63 heavy (non-hydrogen) atoms. The average Bonchev–Trinajstić information content (AvgIpc) is 3.89. The molecule has 0 unspecified atom stereocenters. The van der Waals surface area contributed by atoms with Crippen LogP contribution in [0.1, 0.15) is 0 Å². The SMILES string of the molecule is c1ccc(-c2cccc(-n3c4ccc(-n5c6ccccc6c6c(-c7ccccc7)cccc65)cc4c4c([Si](c5ccccc5)(c5ccccc5)c5ccccc5)cccc43)c2)cc1. The molecule has 12 rings (SSSR count). The van der Waals surface area contributed by atoms with Gasteiger partial charge in [-0.25, -0.2) is 0 Å². The van der Waals surface area contributed by atoms with E-state index in [1.54, 1.807) is 0 Å². The van der Waals surface area contributed by atoms with Crippen LogP contribution in [0, 0.1) is 0 Å². The third kappa shape index (κ3) is 5.85. The summed E-state index contributed by atoms with van der Waals surface area (Å²) in [6.45, 7) is 0. The Balaban J connectivity index is 1.22. The van der Waals surface area contributed by atoms with Gasteiger partial charge in [0.05, 0.1) is 22.1 Å². The molecular weight excluding hydrogens is 777 g/mol. The van der Waals surface area contributed by atoms with Gasteiger partial charge >= 0.3 is 0 Å². The van der Waals surface area contributed by atoms with Crippen LogP contribution < -0.4 is 20.7 Å². The molecule has 0 bridgehead atoms. The monoisotopic (exact) mass is 818 g/mol. The molecule has 0 aliphatic carbocycles. The Morgan fingerprint density at radius 3 is 1.37 bits per heavy atom. The predicted octanol–water partition coefficient (Wildman–Crippen LogP) is 12.6. The van der Waals surface area contributed by atoms with Gasteiger partial charge in [-0.2, -0.15) is 0 Å². The van der Waals surface area contributed by atoms with Crippen LogP contribution in [0.5, 0.6) is 0 Å². The van der Waals surface area contributed by atoms with E-state index in [1.165, 1.54) is 86.6 Å². The molecule has 3 heteroatoms. The van der Waals surface area contributed by atoms with Gasteiger partial charge in [0.1, 0.15) is 0 Å². The van der Waals surface area contributed by atoms with Crippen LogP contribution in [0.4, 0.5) is 0 Å². The van der Waals surface area contributed by atoms with Crippen LogP contribution in [0.2, 0.25) is 0 Å². The molecule has 0 N–H and O–H groups in total. The molecule has 10 aromatic carbocycles. The Bertz CT molecular complexity index is 3500. The summed E-state index contributed by atoms with van der Waals surface area (Å²) in [6, 6.07) is 94.3. The number of benzene rings is 10. The number of hydrogen-bond acceptors (Lipinski definition) is 0. The van der Waals surface area contributed by atoms with Gasteiger partial charge in [0.25, 0.3) is 0 Å². The van der Waals surface area contributed by atoms with Crippen molar-refractivity contribution in [2.75, 3.05) is 0 Å². The minimum Gasteiger partial charge on any atom is -0.309 e. The molecule has 0 saturated heterocycles. The molecule has 2 nitrogen and oxygen atoms in total. The Labute approximate surface area is 368 Å². The van der Waals surface area contributed by atoms with Gasteiger partial charge in [-0.3, -0.25) is 0 Å². The lowest BCUT2D eigenvalue weighted by molar-refractivity contribution is 1.17. The molecule has 0 aliphatic rings. The van der Waals surface area contributed by atoms with Gasteiger partial charge in [0.15, 0.2) is 8.07 Å². The molecule has 0 amide bonds. The van der Waals surface area contributed by atoms with Gasteiger partial charge in [-0.05, 0) is 91.5 Å². The second-order valence-electron chi connectivity index (χ2n) is 16.4. The van der Waals surface area contributed by atoms with Gasteiger partial charge in [-0.15, -0.1) is 0 Å². The fourth-order valence-corrected chi connectivity index (χ4v) is 15.4. The summed E-state index contributed by atoms with van der Waals surface area (Å²) < 4.78 is 4.98. The summed E-state index contributed by atoms with van der Waals surface area (Å²) in [7, 11) is -2.97. The Morgan fingerprint density at radius 2 is 0.730 bits per heavy atom. The molecule has 0 radical (unpaired) electrons. The second-order valence-corrected chi connectivity index (χ2v) is 20.2. The van der Waals surface area contributed by atoms with Crippen LogP contribution in [0.15, 0.2) is 255 Å². The third-order valence-corrected chi connectivity index (χ3v) is 17.9. The summed E-state index contributed by atoms with van der Waals surface area (Å²) >= 11 is 0. The van der Waals surface area contributed by atoms with Crippen LogP contribution in [0.25, 0.3) is 77.2 Å². The number of para-hydroxylation sites is 1. The first-order chi connectivity index (χ1) is 31.3. The zero-order valence-electron chi connectivity index (χ0n) is 34.6. The fraction of sp³-hybridized carbons (Fsp3) is 0. The number of nitrogens with zero attached hydrogens (tertiary/aromatic N) is 2. The van der Waals surface area contributed by atoms with Gasteiger partial charge in [-0.1, -0.05) is 206 Å². The normalized spacial score (nSPS) is 11.8. The summed E-state index contributed by atoms with van der Waals surface area (Å²) in [6.07, 6.45) is 0. The van der Waals surface area contributed by atoms with E-state index in [4.69, 9.17) is 0 Å². The van der Waals surface area contributed by atoms with E-state index < -0.39 is 8.07 Å². The molecule has 0 fully saturated rings. The lowest BCUT2D eigenvalue weighted by atomic mass is 9.99. The number of fused-ring (bicyclic) bond motifs is 6. The molecule has 0 spiro atoms. The van der Waals surface area contributed by atoms with Crippen molar-refractivity contribution in [3.05, 3.63) is 255 Å². The van der Waals surface area contributed by atoms with Crippen molar-refractivity contribution >= 4 is 72.4 Å². The van der Waals surface area contributed by atoms with E-state index in [0.717, 1.165) is 11.4 Å². The van der Waals surface area contributed by atoms with Crippen molar-refractivity contribution in [3.63, 3.8) is 0 Å². The highest BCUT2D eigenvalue weighted by Gasteiger charge is 2.43. The highest BCUT2D eigenvalue weighted by Crippen LogP contribution is 2.40. The molecule has 0 saturated carbocycles. The lowest BCUT2D eigenvalue weighted by Gasteiger charge is -2.35. The largest absolute Gasteiger partial charge is 0.309 e. The van der Waals surface area contributed by atoms with Crippen LogP contribution in [-0.2, 0) is 0 Å². The standard InChI is InChI=1S/C60H42N2Si/c1-6-21-43(22-7-1)45-25-18-26-46(41-45)61-55-40-39-47(62-54-35-17-16-33-52(54)59-51(34-19-36-56(59)62)44-23-8-2-9-24-44)42-53(55)60-57(61)37-20-38-58(60)63(48-27-10-3-11-28-48,49-29-12-4-13-30-49)50-31-14-5-15-32-50/h1-42H. The van der Waals surface area contributed by atoms with E-state index in [9.17, 15) is 0 Å². The topological polar surface area (TPSA) is 9.86 Å². The summed E-state index contributed by atoms with van der Waals surface area (Å²) in [5.74, 6) is 0. The van der Waals surface area contributed by atoms with Gasteiger partial charge in [0, 0.05) is 32.9 Å². The minimum absolute atomic E-state index is 1.14. The molecule has 296 valence electrons. The van der Waals surface area contributed by atoms with E-state index >= 15 is 0 Å². The van der Waals surface area contributed by atoms with E-state index in [-0.39, 0.29) is 0 Å². The maximum atomic E-state index is 2.50. The number of hydrogen-bond donors (Lipinski definition) is 0. The highest BCUT2D eigenvalue weighted by atomic mass is 28.3. The van der Waals surface area contributed by atoms with Crippen molar-refractivity contribution < 1.29 is 0 Å². The Hall–Kier alpha value is -7.98. The molecular formula is C60H42N2Si. The van der Waals surface area contributed by atoms with Crippen LogP contribution >= 0.6 is 0 Å². The summed E-state index contributed by atoms with van der Waals surface area (Å²) in [4.78, 5) is 0. The number of aromatic nitrogens is 2. The van der Waals surface area contributed by atoms with E-state index in [2.05, 4.69) is 264 Å². The zero-order valence-corrected chi connectivity index (χ0v) is 35.6. The predicted molar refractivity (Wildman–Crippen MR) is 270 cm³/mol. The molecule has 0 aliphatic heterocycles. The smallest absolute Gasteiger partial charge is 0.180 e. The number of rotatable bonds is 8. The van der Waals surface area contributed by atoms with E-state index in [1.807, 2.05) is 0 Å². The first kappa shape index (κ1) is 36.8. The van der Waals surface area contributed by atoms with Crippen molar-refractivity contribution in [2.24, 2.45) is 0 Å². The van der Waals surface area contributed by atoms with Crippen molar-refractivity contribution in [3.8, 4) is 33.6 Å². The second kappa shape index (κ2) is 15.2. The quantitative estimate of drug-likeness (QED) is 0.107. The maximum absolute atomic E-state index is 2.97. The first-order valence-electron chi connectivity index (χ1n) is 21.8. The lowest BCUT2D eigenvalue weighted by Crippen LogP contribution is -2.74. The summed E-state index contributed by atoms with van der Waals surface area (Å²) in [5, 5.41) is 10.5.